The molecule has 0 bridgehead atoms. The van der Waals surface area contributed by atoms with Gasteiger partial charge in [-0.3, -0.25) is 0 Å². The van der Waals surface area contributed by atoms with Gasteiger partial charge in [-0.2, -0.15) is 0 Å². The first-order valence-corrected chi connectivity index (χ1v) is 9.71. The smallest absolute Gasteiger partial charge is 0.352 e. The molecular formula is C24H21N3O2. The molecule has 0 saturated heterocycles. The molecule has 3 aromatic heterocycles. The van der Waals surface area contributed by atoms with E-state index in [-0.39, 0.29) is 5.69 Å². The first-order chi connectivity index (χ1) is 14.1. The molecule has 3 heterocycles. The third-order valence-electron chi connectivity index (χ3n) is 5.73. The van der Waals surface area contributed by atoms with E-state index in [1.54, 1.807) is 0 Å². The molecule has 5 heteroatoms. The lowest BCUT2D eigenvalue weighted by molar-refractivity contribution is 0.0692. The van der Waals surface area contributed by atoms with Crippen LogP contribution in [0.2, 0.25) is 0 Å². The molecule has 0 amide bonds. The van der Waals surface area contributed by atoms with Crippen molar-refractivity contribution in [3.05, 3.63) is 71.7 Å². The fourth-order valence-electron chi connectivity index (χ4n) is 4.44. The van der Waals surface area contributed by atoms with Gasteiger partial charge in [-0.05, 0) is 54.3 Å². The Morgan fingerprint density at radius 2 is 1.66 bits per heavy atom. The van der Waals surface area contributed by atoms with Crippen LogP contribution in [0.3, 0.4) is 0 Å². The Bertz CT molecular complexity index is 1380. The largest absolute Gasteiger partial charge is 0.477 e. The van der Waals surface area contributed by atoms with Gasteiger partial charge < -0.3 is 20.1 Å². The average molecular weight is 383 g/mol. The molecule has 5 rings (SSSR count). The SMILES string of the molecule is CCc1c(-c2c(C)ccc3[nH]ccc23)[nH]c(C(=O)O)c1-c1cccc2[nH]ccc12. The van der Waals surface area contributed by atoms with Gasteiger partial charge in [-0.1, -0.05) is 25.1 Å². The van der Waals surface area contributed by atoms with Gasteiger partial charge in [0, 0.05) is 45.3 Å². The molecule has 2 aromatic carbocycles. The number of benzene rings is 2. The average Bonchev–Trinajstić information content (AvgIpc) is 3.44. The van der Waals surface area contributed by atoms with Gasteiger partial charge in [0.15, 0.2) is 0 Å². The second-order valence-corrected chi connectivity index (χ2v) is 7.33. The van der Waals surface area contributed by atoms with Crippen LogP contribution in [-0.4, -0.2) is 26.0 Å². The number of carbonyl (C=O) groups is 1. The van der Waals surface area contributed by atoms with Crippen LogP contribution in [0.5, 0.6) is 0 Å². The van der Waals surface area contributed by atoms with Crippen LogP contribution in [0, 0.1) is 6.92 Å². The molecule has 0 fully saturated rings. The minimum Gasteiger partial charge on any atom is -0.477 e. The quantitative estimate of drug-likeness (QED) is 0.312. The summed E-state index contributed by atoms with van der Waals surface area (Å²) in [5.74, 6) is -0.951. The van der Waals surface area contributed by atoms with Crippen molar-refractivity contribution in [3.8, 4) is 22.4 Å². The number of hydrogen-bond acceptors (Lipinski definition) is 1. The monoisotopic (exact) mass is 383 g/mol. The molecule has 4 N–H and O–H groups in total. The minimum absolute atomic E-state index is 0.234. The van der Waals surface area contributed by atoms with Gasteiger partial charge in [-0.25, -0.2) is 4.79 Å². The van der Waals surface area contributed by atoms with Crippen molar-refractivity contribution in [3.63, 3.8) is 0 Å². The molecule has 0 unspecified atom stereocenters. The Morgan fingerprint density at radius 3 is 2.38 bits per heavy atom. The van der Waals surface area contributed by atoms with Crippen LogP contribution in [0.15, 0.2) is 54.9 Å². The van der Waals surface area contributed by atoms with Crippen LogP contribution in [-0.2, 0) is 6.42 Å². The summed E-state index contributed by atoms with van der Waals surface area (Å²) in [6.07, 6.45) is 4.52. The van der Waals surface area contributed by atoms with E-state index in [9.17, 15) is 9.90 Å². The summed E-state index contributed by atoms with van der Waals surface area (Å²) in [7, 11) is 0. The highest BCUT2D eigenvalue weighted by Crippen LogP contribution is 2.41. The Balaban J connectivity index is 1.89. The first-order valence-electron chi connectivity index (χ1n) is 9.71. The van der Waals surface area contributed by atoms with Crippen molar-refractivity contribution in [1.29, 1.82) is 0 Å². The highest BCUT2D eigenvalue weighted by molar-refractivity contribution is 6.07. The highest BCUT2D eigenvalue weighted by atomic mass is 16.4. The van der Waals surface area contributed by atoms with Crippen LogP contribution < -0.4 is 0 Å². The highest BCUT2D eigenvalue weighted by Gasteiger charge is 2.25. The number of carboxylic acid groups (broad SMARTS) is 1. The molecule has 0 saturated carbocycles. The van der Waals surface area contributed by atoms with Crippen molar-refractivity contribution in [2.24, 2.45) is 0 Å². The van der Waals surface area contributed by atoms with Crippen molar-refractivity contribution >= 4 is 27.8 Å². The zero-order valence-electron chi connectivity index (χ0n) is 16.3. The number of nitrogens with one attached hydrogen (secondary N) is 3. The van der Waals surface area contributed by atoms with Crippen molar-refractivity contribution < 1.29 is 9.90 Å². The summed E-state index contributed by atoms with van der Waals surface area (Å²) in [4.78, 5) is 22.0. The fraction of sp³-hybridized carbons (Fsp3) is 0.125. The van der Waals surface area contributed by atoms with E-state index in [0.29, 0.717) is 0 Å². The van der Waals surface area contributed by atoms with Gasteiger partial charge in [0.05, 0.1) is 5.69 Å². The second kappa shape index (κ2) is 6.41. The van der Waals surface area contributed by atoms with Gasteiger partial charge in [0.1, 0.15) is 5.69 Å². The second-order valence-electron chi connectivity index (χ2n) is 7.33. The number of hydrogen-bond donors (Lipinski definition) is 4. The molecular weight excluding hydrogens is 362 g/mol. The standard InChI is InChI=1S/C24H21N3O2/c1-3-14-21(16-5-4-6-18-15(16)9-11-25-18)23(24(28)29)27-22(14)20-13(2)7-8-19-17(20)10-12-26-19/h4-12,25-27H,3H2,1-2H3,(H,28,29). The van der Waals surface area contributed by atoms with Gasteiger partial charge in [-0.15, -0.1) is 0 Å². The molecule has 0 spiro atoms. The van der Waals surface area contributed by atoms with E-state index in [0.717, 1.165) is 61.7 Å². The minimum atomic E-state index is -0.951. The summed E-state index contributed by atoms with van der Waals surface area (Å²) in [5.41, 5.74) is 8.03. The van der Waals surface area contributed by atoms with Crippen LogP contribution in [0.4, 0.5) is 0 Å². The van der Waals surface area contributed by atoms with E-state index >= 15 is 0 Å². The molecule has 0 aliphatic rings. The van der Waals surface area contributed by atoms with Crippen LogP contribution in [0.25, 0.3) is 44.2 Å². The fourth-order valence-corrected chi connectivity index (χ4v) is 4.44. The third-order valence-corrected chi connectivity index (χ3v) is 5.73. The maximum Gasteiger partial charge on any atom is 0.352 e. The molecule has 144 valence electrons. The topological polar surface area (TPSA) is 84.7 Å². The Hall–Kier alpha value is -3.73. The number of aryl methyl sites for hydroxylation is 1. The van der Waals surface area contributed by atoms with Gasteiger partial charge in [0.25, 0.3) is 0 Å². The molecule has 5 aromatic rings. The zero-order valence-corrected chi connectivity index (χ0v) is 16.3. The summed E-state index contributed by atoms with van der Waals surface area (Å²) >= 11 is 0. The zero-order chi connectivity index (χ0) is 20.1. The molecule has 0 aliphatic carbocycles. The van der Waals surface area contributed by atoms with Crippen molar-refractivity contribution in [2.45, 2.75) is 20.3 Å². The first kappa shape index (κ1) is 17.4. The number of aromatic carboxylic acids is 1. The van der Waals surface area contributed by atoms with E-state index in [1.807, 2.05) is 42.7 Å². The predicted molar refractivity (Wildman–Crippen MR) is 116 cm³/mol. The van der Waals surface area contributed by atoms with E-state index in [1.165, 1.54) is 0 Å². The van der Waals surface area contributed by atoms with Gasteiger partial charge in [0.2, 0.25) is 0 Å². The van der Waals surface area contributed by atoms with Gasteiger partial charge >= 0.3 is 5.97 Å². The summed E-state index contributed by atoms with van der Waals surface area (Å²) in [6, 6.07) is 14.1. The Morgan fingerprint density at radius 1 is 0.931 bits per heavy atom. The van der Waals surface area contributed by atoms with E-state index in [4.69, 9.17) is 0 Å². The third kappa shape index (κ3) is 2.51. The number of aromatic nitrogens is 3. The van der Waals surface area contributed by atoms with Crippen molar-refractivity contribution in [1.82, 2.24) is 15.0 Å². The van der Waals surface area contributed by atoms with E-state index in [2.05, 4.69) is 40.9 Å². The van der Waals surface area contributed by atoms with Crippen molar-refractivity contribution in [2.75, 3.05) is 0 Å². The van der Waals surface area contributed by atoms with Crippen LogP contribution in [0.1, 0.15) is 28.5 Å². The summed E-state index contributed by atoms with van der Waals surface area (Å²) in [5, 5.41) is 12.1. The lowest BCUT2D eigenvalue weighted by Gasteiger charge is -2.11. The Labute approximate surface area is 167 Å². The summed E-state index contributed by atoms with van der Waals surface area (Å²) < 4.78 is 0. The lowest BCUT2D eigenvalue weighted by Crippen LogP contribution is -1.99. The Kier molecular flexibility index (Phi) is 3.84. The number of aromatic amines is 3. The molecule has 29 heavy (non-hydrogen) atoms. The van der Waals surface area contributed by atoms with E-state index < -0.39 is 5.97 Å². The maximum atomic E-state index is 12.2. The maximum absolute atomic E-state index is 12.2. The number of rotatable bonds is 4. The molecule has 0 atom stereocenters. The number of carboxylic acids is 1. The molecule has 5 nitrogen and oxygen atoms in total. The lowest BCUT2D eigenvalue weighted by atomic mass is 9.92. The predicted octanol–water partition coefficient (Wildman–Crippen LogP) is 5.88. The number of H-pyrrole nitrogens is 3. The summed E-state index contributed by atoms with van der Waals surface area (Å²) in [6.45, 7) is 4.14. The normalized spacial score (nSPS) is 11.5. The van der Waals surface area contributed by atoms with Crippen LogP contribution >= 0.6 is 0 Å². The molecule has 0 aliphatic heterocycles. The molecule has 0 radical (unpaired) electrons. The number of fused-ring (bicyclic) bond motifs is 2.